The van der Waals surface area contributed by atoms with Crippen molar-refractivity contribution in [2.45, 2.75) is 37.7 Å². The van der Waals surface area contributed by atoms with Gasteiger partial charge in [0.05, 0.1) is 0 Å². The van der Waals surface area contributed by atoms with E-state index in [-0.39, 0.29) is 5.92 Å². The molecule has 2 atom stereocenters. The van der Waals surface area contributed by atoms with Gasteiger partial charge in [0.15, 0.2) is 6.10 Å². The van der Waals surface area contributed by atoms with Crippen molar-refractivity contribution in [3.8, 4) is 0 Å². The zero-order chi connectivity index (χ0) is 12.0. The first kappa shape index (κ1) is 10.8. The van der Waals surface area contributed by atoms with Crippen molar-refractivity contribution >= 4 is 5.97 Å². The number of hydrogen-bond donors (Lipinski definition) is 2. The van der Waals surface area contributed by atoms with Crippen LogP contribution in [0.2, 0.25) is 0 Å². The molecule has 2 unspecified atom stereocenters. The van der Waals surface area contributed by atoms with Crippen LogP contribution < -0.4 is 0 Å². The standard InChI is InChI=1S/C14H16O3/c15-12(13(16)17)14(7-8-14)11-6-5-9-3-1-2-4-10(9)11/h1-4,11-12,15H,5-8H2,(H,16,17). The third kappa shape index (κ3) is 1.49. The largest absolute Gasteiger partial charge is 0.479 e. The minimum atomic E-state index is -1.21. The van der Waals surface area contributed by atoms with E-state index in [1.54, 1.807) is 0 Å². The summed E-state index contributed by atoms with van der Waals surface area (Å²) in [6.45, 7) is 0. The van der Waals surface area contributed by atoms with E-state index in [4.69, 9.17) is 5.11 Å². The monoisotopic (exact) mass is 232 g/mol. The number of aliphatic hydroxyl groups excluding tert-OH is 1. The first-order chi connectivity index (χ1) is 8.15. The fraction of sp³-hybridized carbons (Fsp3) is 0.500. The van der Waals surface area contributed by atoms with E-state index in [1.807, 2.05) is 12.1 Å². The van der Waals surface area contributed by atoms with Gasteiger partial charge in [-0.05, 0) is 42.7 Å². The summed E-state index contributed by atoms with van der Waals surface area (Å²) < 4.78 is 0. The highest BCUT2D eigenvalue weighted by Crippen LogP contribution is 2.62. The molecule has 0 heterocycles. The first-order valence-corrected chi connectivity index (χ1v) is 6.14. The van der Waals surface area contributed by atoms with Gasteiger partial charge in [-0.1, -0.05) is 24.3 Å². The van der Waals surface area contributed by atoms with Crippen LogP contribution in [0.5, 0.6) is 0 Å². The Morgan fingerprint density at radius 1 is 1.35 bits per heavy atom. The van der Waals surface area contributed by atoms with Gasteiger partial charge in [0.2, 0.25) is 0 Å². The Labute approximate surface area is 100 Å². The highest BCUT2D eigenvalue weighted by molar-refractivity contribution is 5.74. The fourth-order valence-electron chi connectivity index (χ4n) is 3.36. The molecule has 2 aliphatic rings. The summed E-state index contributed by atoms with van der Waals surface area (Å²) in [4.78, 5) is 11.0. The molecule has 0 aromatic heterocycles. The van der Waals surface area contributed by atoms with E-state index in [2.05, 4.69) is 12.1 Å². The molecule has 3 rings (SSSR count). The Morgan fingerprint density at radius 2 is 2.06 bits per heavy atom. The number of aliphatic hydroxyl groups is 1. The lowest BCUT2D eigenvalue weighted by Gasteiger charge is -2.26. The minimum Gasteiger partial charge on any atom is -0.479 e. The number of carboxylic acid groups (broad SMARTS) is 1. The van der Waals surface area contributed by atoms with Crippen LogP contribution in [0.15, 0.2) is 24.3 Å². The van der Waals surface area contributed by atoms with Crippen LogP contribution in [0.3, 0.4) is 0 Å². The van der Waals surface area contributed by atoms with Crippen molar-refractivity contribution in [2.24, 2.45) is 5.41 Å². The minimum absolute atomic E-state index is 0.227. The highest BCUT2D eigenvalue weighted by atomic mass is 16.4. The van der Waals surface area contributed by atoms with Gasteiger partial charge in [-0.15, -0.1) is 0 Å². The second-order valence-corrected chi connectivity index (χ2v) is 5.26. The fourth-order valence-corrected chi connectivity index (χ4v) is 3.36. The second kappa shape index (κ2) is 3.57. The Hall–Kier alpha value is -1.35. The normalized spacial score (nSPS) is 26.3. The molecule has 90 valence electrons. The molecule has 2 N–H and O–H groups in total. The number of carboxylic acids is 1. The Kier molecular flexibility index (Phi) is 2.26. The quantitative estimate of drug-likeness (QED) is 0.837. The molecule has 0 aliphatic heterocycles. The van der Waals surface area contributed by atoms with Gasteiger partial charge >= 0.3 is 5.97 Å². The average Bonchev–Trinajstić information content (AvgIpc) is 3.02. The smallest absolute Gasteiger partial charge is 0.333 e. The van der Waals surface area contributed by atoms with Gasteiger partial charge in [-0.2, -0.15) is 0 Å². The van der Waals surface area contributed by atoms with E-state index in [9.17, 15) is 9.90 Å². The molecule has 1 aromatic carbocycles. The van der Waals surface area contributed by atoms with Crippen LogP contribution in [0.4, 0.5) is 0 Å². The van der Waals surface area contributed by atoms with E-state index in [0.717, 1.165) is 25.7 Å². The topological polar surface area (TPSA) is 57.5 Å². The molecule has 3 heteroatoms. The van der Waals surface area contributed by atoms with E-state index >= 15 is 0 Å². The molecular weight excluding hydrogens is 216 g/mol. The molecule has 3 nitrogen and oxygen atoms in total. The highest BCUT2D eigenvalue weighted by Gasteiger charge is 2.58. The van der Waals surface area contributed by atoms with Gasteiger partial charge in [0.1, 0.15) is 0 Å². The number of rotatable bonds is 3. The van der Waals surface area contributed by atoms with Crippen molar-refractivity contribution in [2.75, 3.05) is 0 Å². The van der Waals surface area contributed by atoms with Gasteiger partial charge in [-0.3, -0.25) is 0 Å². The average molecular weight is 232 g/mol. The summed E-state index contributed by atoms with van der Waals surface area (Å²) in [5.41, 5.74) is 2.19. The first-order valence-electron chi connectivity index (χ1n) is 6.14. The van der Waals surface area contributed by atoms with Gasteiger partial charge in [0.25, 0.3) is 0 Å². The van der Waals surface area contributed by atoms with Crippen LogP contribution >= 0.6 is 0 Å². The number of fused-ring (bicyclic) bond motifs is 1. The molecule has 17 heavy (non-hydrogen) atoms. The lowest BCUT2D eigenvalue weighted by atomic mass is 9.80. The summed E-state index contributed by atoms with van der Waals surface area (Å²) in [6.07, 6.45) is 2.44. The third-order valence-electron chi connectivity index (χ3n) is 4.43. The van der Waals surface area contributed by atoms with Gasteiger partial charge in [0, 0.05) is 5.41 Å². The number of benzene rings is 1. The lowest BCUT2D eigenvalue weighted by Crippen LogP contribution is -2.34. The van der Waals surface area contributed by atoms with Crippen molar-refractivity contribution in [3.63, 3.8) is 0 Å². The molecule has 0 radical (unpaired) electrons. The van der Waals surface area contributed by atoms with Gasteiger partial charge < -0.3 is 10.2 Å². The SMILES string of the molecule is O=C(O)C(O)C1(C2CCc3ccccc32)CC1. The molecule has 1 fully saturated rings. The number of hydrogen-bond acceptors (Lipinski definition) is 2. The van der Waals surface area contributed by atoms with E-state index < -0.39 is 17.5 Å². The molecule has 0 spiro atoms. The van der Waals surface area contributed by atoms with Crippen LogP contribution in [-0.4, -0.2) is 22.3 Å². The van der Waals surface area contributed by atoms with Crippen molar-refractivity contribution < 1.29 is 15.0 Å². The number of aryl methyl sites for hydroxylation is 1. The van der Waals surface area contributed by atoms with Crippen LogP contribution in [-0.2, 0) is 11.2 Å². The maximum atomic E-state index is 11.0. The zero-order valence-electron chi connectivity index (χ0n) is 9.60. The molecular formula is C14H16O3. The number of aliphatic carboxylic acids is 1. The Morgan fingerprint density at radius 3 is 2.71 bits per heavy atom. The van der Waals surface area contributed by atoms with E-state index in [1.165, 1.54) is 11.1 Å². The molecule has 0 amide bonds. The lowest BCUT2D eigenvalue weighted by molar-refractivity contribution is -0.151. The summed E-state index contributed by atoms with van der Waals surface area (Å²) in [5.74, 6) is -0.850. The molecule has 1 aromatic rings. The summed E-state index contributed by atoms with van der Waals surface area (Å²) in [5, 5.41) is 18.9. The Balaban J connectivity index is 1.95. The predicted octanol–water partition coefficient (Wildman–Crippen LogP) is 1.94. The van der Waals surface area contributed by atoms with Crippen LogP contribution in [0, 0.1) is 5.41 Å². The number of carbonyl (C=O) groups is 1. The molecule has 1 saturated carbocycles. The van der Waals surface area contributed by atoms with E-state index in [0.29, 0.717) is 0 Å². The second-order valence-electron chi connectivity index (χ2n) is 5.26. The van der Waals surface area contributed by atoms with Crippen molar-refractivity contribution in [3.05, 3.63) is 35.4 Å². The van der Waals surface area contributed by atoms with Crippen LogP contribution in [0.25, 0.3) is 0 Å². The zero-order valence-corrected chi connectivity index (χ0v) is 9.60. The summed E-state index contributed by atoms with van der Waals surface area (Å²) in [6, 6.07) is 8.22. The van der Waals surface area contributed by atoms with Crippen molar-refractivity contribution in [1.82, 2.24) is 0 Å². The summed E-state index contributed by atoms with van der Waals surface area (Å²) >= 11 is 0. The molecule has 0 saturated heterocycles. The Bertz CT molecular complexity index is 462. The maximum Gasteiger partial charge on any atom is 0.333 e. The maximum absolute atomic E-state index is 11.0. The summed E-state index contributed by atoms with van der Waals surface area (Å²) in [7, 11) is 0. The van der Waals surface area contributed by atoms with Gasteiger partial charge in [-0.25, -0.2) is 4.79 Å². The third-order valence-corrected chi connectivity index (χ3v) is 4.43. The molecule has 0 bridgehead atoms. The predicted molar refractivity (Wildman–Crippen MR) is 62.8 cm³/mol. The van der Waals surface area contributed by atoms with Crippen molar-refractivity contribution in [1.29, 1.82) is 0 Å². The molecule has 2 aliphatic carbocycles. The van der Waals surface area contributed by atoms with Crippen LogP contribution in [0.1, 0.15) is 36.3 Å².